The van der Waals surface area contributed by atoms with Crippen molar-refractivity contribution >= 4 is 51.1 Å². The minimum atomic E-state index is -0.392. The number of nitrogens with zero attached hydrogens (tertiary/aromatic N) is 1. The van der Waals surface area contributed by atoms with E-state index in [1.807, 2.05) is 61.5 Å². The molecule has 0 aromatic heterocycles. The maximum atomic E-state index is 13.6. The number of fused-ring (bicyclic) bond motifs is 1. The van der Waals surface area contributed by atoms with Crippen LogP contribution in [0.3, 0.4) is 0 Å². The topological polar surface area (TPSA) is 49.4 Å². The van der Waals surface area contributed by atoms with Crippen molar-refractivity contribution in [3.8, 4) is 0 Å². The average molecular weight is 439 g/mol. The SMILES string of the molecule is Cc1ccc(N2C(=O)C(Nc3cccc4ccccc34)=C(c3ccc(Cl)cc3)C2=O)cc1. The fraction of sp³-hybridized carbons (Fsp3) is 0.0370. The Bertz CT molecular complexity index is 1380. The molecule has 0 unspecified atom stereocenters. The Hall–Kier alpha value is -3.89. The van der Waals surface area contributed by atoms with Gasteiger partial charge in [-0.15, -0.1) is 0 Å². The minimum Gasteiger partial charge on any atom is -0.350 e. The molecule has 4 aromatic carbocycles. The summed E-state index contributed by atoms with van der Waals surface area (Å²) in [5.74, 6) is -0.763. The van der Waals surface area contributed by atoms with E-state index in [4.69, 9.17) is 11.6 Å². The zero-order chi connectivity index (χ0) is 22.2. The number of hydrogen-bond acceptors (Lipinski definition) is 3. The number of halogens is 1. The Kier molecular flexibility index (Phi) is 5.00. The molecule has 4 nitrogen and oxygen atoms in total. The molecule has 0 radical (unpaired) electrons. The molecule has 0 saturated carbocycles. The average Bonchev–Trinajstić information content (AvgIpc) is 3.05. The summed E-state index contributed by atoms with van der Waals surface area (Å²) in [4.78, 5) is 28.3. The van der Waals surface area contributed by atoms with E-state index in [1.54, 1.807) is 36.4 Å². The smallest absolute Gasteiger partial charge is 0.282 e. The van der Waals surface area contributed by atoms with Crippen LogP contribution >= 0.6 is 11.6 Å². The van der Waals surface area contributed by atoms with Crippen molar-refractivity contribution in [3.05, 3.63) is 113 Å². The second kappa shape index (κ2) is 7.98. The molecule has 0 fully saturated rings. The second-order valence-corrected chi connectivity index (χ2v) is 8.13. The maximum Gasteiger partial charge on any atom is 0.282 e. The Morgan fingerprint density at radius 3 is 2.19 bits per heavy atom. The first-order valence-corrected chi connectivity index (χ1v) is 10.6. The lowest BCUT2D eigenvalue weighted by Crippen LogP contribution is -2.32. The highest BCUT2D eigenvalue weighted by molar-refractivity contribution is 6.46. The predicted octanol–water partition coefficient (Wildman–Crippen LogP) is 6.20. The lowest BCUT2D eigenvalue weighted by molar-refractivity contribution is -0.120. The summed E-state index contributed by atoms with van der Waals surface area (Å²) in [5, 5.41) is 5.84. The third kappa shape index (κ3) is 3.45. The number of carbonyl (C=O) groups is 2. The highest BCUT2D eigenvalue weighted by atomic mass is 35.5. The van der Waals surface area contributed by atoms with E-state index in [9.17, 15) is 9.59 Å². The van der Waals surface area contributed by atoms with Gasteiger partial charge in [-0.05, 0) is 48.2 Å². The lowest BCUT2D eigenvalue weighted by atomic mass is 10.0. The Morgan fingerprint density at radius 1 is 0.750 bits per heavy atom. The van der Waals surface area contributed by atoms with E-state index in [-0.39, 0.29) is 11.6 Å². The van der Waals surface area contributed by atoms with Gasteiger partial charge in [0.05, 0.1) is 11.3 Å². The molecule has 0 bridgehead atoms. The molecule has 156 valence electrons. The number of hydrogen-bond donors (Lipinski definition) is 1. The second-order valence-electron chi connectivity index (χ2n) is 7.69. The van der Waals surface area contributed by atoms with Gasteiger partial charge in [-0.1, -0.05) is 77.8 Å². The van der Waals surface area contributed by atoms with Gasteiger partial charge in [0.2, 0.25) is 0 Å². The number of benzene rings is 4. The molecule has 32 heavy (non-hydrogen) atoms. The van der Waals surface area contributed by atoms with Gasteiger partial charge >= 0.3 is 0 Å². The van der Waals surface area contributed by atoms with Crippen molar-refractivity contribution in [2.45, 2.75) is 6.92 Å². The van der Waals surface area contributed by atoms with Crippen LogP contribution in [0.4, 0.5) is 11.4 Å². The van der Waals surface area contributed by atoms with Gasteiger partial charge in [-0.3, -0.25) is 9.59 Å². The summed E-state index contributed by atoms with van der Waals surface area (Å²) in [6.07, 6.45) is 0. The molecular formula is C27H19ClN2O2. The molecule has 0 atom stereocenters. The Morgan fingerprint density at radius 2 is 1.44 bits per heavy atom. The molecule has 0 saturated heterocycles. The van der Waals surface area contributed by atoms with Crippen molar-refractivity contribution in [1.82, 2.24) is 0 Å². The summed E-state index contributed by atoms with van der Waals surface area (Å²) in [6, 6.07) is 28.0. The first kappa shape index (κ1) is 20.0. The molecule has 1 N–H and O–H groups in total. The van der Waals surface area contributed by atoms with Gasteiger partial charge in [0.1, 0.15) is 5.70 Å². The van der Waals surface area contributed by atoms with Crippen LogP contribution in [0.15, 0.2) is 96.7 Å². The van der Waals surface area contributed by atoms with E-state index in [0.29, 0.717) is 21.8 Å². The number of imide groups is 1. The van der Waals surface area contributed by atoms with Gasteiger partial charge in [0.15, 0.2) is 0 Å². The van der Waals surface area contributed by atoms with Crippen LogP contribution in [0.1, 0.15) is 11.1 Å². The summed E-state index contributed by atoms with van der Waals surface area (Å²) in [5.41, 5.74) is 3.54. The van der Waals surface area contributed by atoms with Crippen LogP contribution in [-0.4, -0.2) is 11.8 Å². The number of anilines is 2. The molecule has 5 heteroatoms. The summed E-state index contributed by atoms with van der Waals surface area (Å²) in [6.45, 7) is 1.96. The molecule has 4 aromatic rings. The molecule has 1 heterocycles. The highest BCUT2D eigenvalue weighted by Crippen LogP contribution is 2.35. The van der Waals surface area contributed by atoms with Crippen LogP contribution in [0, 0.1) is 6.92 Å². The molecule has 1 aliphatic heterocycles. The summed E-state index contributed by atoms with van der Waals surface area (Å²) in [7, 11) is 0. The zero-order valence-corrected chi connectivity index (χ0v) is 18.1. The standard InChI is InChI=1S/C27H19ClN2O2/c1-17-9-15-21(16-10-17)30-26(31)24(19-11-13-20(28)14-12-19)25(27(30)32)29-23-8-4-6-18-5-2-3-7-22(18)23/h2-16,29H,1H3. The Balaban J connectivity index is 1.65. The number of rotatable bonds is 4. The van der Waals surface area contributed by atoms with Gasteiger partial charge in [-0.2, -0.15) is 0 Å². The fourth-order valence-corrected chi connectivity index (χ4v) is 4.05. The fourth-order valence-electron chi connectivity index (χ4n) is 3.93. The quantitative estimate of drug-likeness (QED) is 0.386. The van der Waals surface area contributed by atoms with Crippen molar-refractivity contribution < 1.29 is 9.59 Å². The molecule has 0 aliphatic carbocycles. The van der Waals surface area contributed by atoms with Crippen LogP contribution in [0.25, 0.3) is 16.3 Å². The Labute approximate surface area is 190 Å². The minimum absolute atomic E-state index is 0.245. The van der Waals surface area contributed by atoms with Crippen molar-refractivity contribution in [2.75, 3.05) is 10.2 Å². The van der Waals surface area contributed by atoms with Crippen LogP contribution in [0.5, 0.6) is 0 Å². The monoisotopic (exact) mass is 438 g/mol. The number of carbonyl (C=O) groups excluding carboxylic acids is 2. The molecule has 2 amide bonds. The van der Waals surface area contributed by atoms with E-state index in [0.717, 1.165) is 22.0 Å². The molecular weight excluding hydrogens is 420 g/mol. The summed E-state index contributed by atoms with van der Waals surface area (Å²) < 4.78 is 0. The predicted molar refractivity (Wildman–Crippen MR) is 130 cm³/mol. The molecule has 5 rings (SSSR count). The maximum absolute atomic E-state index is 13.6. The molecule has 1 aliphatic rings. The van der Waals surface area contributed by atoms with Gasteiger partial charge < -0.3 is 5.32 Å². The molecule has 0 spiro atoms. The van der Waals surface area contributed by atoms with E-state index in [1.165, 1.54) is 4.90 Å². The number of aryl methyl sites for hydroxylation is 1. The lowest BCUT2D eigenvalue weighted by Gasteiger charge is -2.16. The van der Waals surface area contributed by atoms with Gasteiger partial charge in [0, 0.05) is 16.1 Å². The first-order valence-electron chi connectivity index (χ1n) is 10.2. The van der Waals surface area contributed by atoms with Crippen molar-refractivity contribution in [1.29, 1.82) is 0 Å². The largest absolute Gasteiger partial charge is 0.350 e. The first-order chi connectivity index (χ1) is 15.5. The zero-order valence-electron chi connectivity index (χ0n) is 17.3. The van der Waals surface area contributed by atoms with Crippen LogP contribution < -0.4 is 10.2 Å². The van der Waals surface area contributed by atoms with E-state index >= 15 is 0 Å². The highest BCUT2D eigenvalue weighted by Gasteiger charge is 2.40. The van der Waals surface area contributed by atoms with Gasteiger partial charge in [-0.25, -0.2) is 4.90 Å². The number of nitrogens with one attached hydrogen (secondary N) is 1. The number of amides is 2. The van der Waals surface area contributed by atoms with Crippen molar-refractivity contribution in [3.63, 3.8) is 0 Å². The van der Waals surface area contributed by atoms with E-state index < -0.39 is 5.91 Å². The normalized spacial score (nSPS) is 13.9. The van der Waals surface area contributed by atoms with E-state index in [2.05, 4.69) is 5.32 Å². The summed E-state index contributed by atoms with van der Waals surface area (Å²) >= 11 is 6.06. The van der Waals surface area contributed by atoms with Crippen LogP contribution in [-0.2, 0) is 9.59 Å². The third-order valence-electron chi connectivity index (χ3n) is 5.56. The third-order valence-corrected chi connectivity index (χ3v) is 5.81. The van der Waals surface area contributed by atoms with Gasteiger partial charge in [0.25, 0.3) is 11.8 Å². The van der Waals surface area contributed by atoms with Crippen molar-refractivity contribution in [2.24, 2.45) is 0 Å². The van der Waals surface area contributed by atoms with Crippen LogP contribution in [0.2, 0.25) is 5.02 Å².